The summed E-state index contributed by atoms with van der Waals surface area (Å²) in [5.41, 5.74) is 13.0. The maximum atomic E-state index is 12.8. The molecule has 4 heterocycles. The van der Waals surface area contributed by atoms with E-state index in [9.17, 15) is 4.79 Å². The number of morpholine rings is 1. The van der Waals surface area contributed by atoms with Gasteiger partial charge in [-0.1, -0.05) is 24.3 Å². The number of anilines is 2. The molecule has 0 atom stereocenters. The summed E-state index contributed by atoms with van der Waals surface area (Å²) in [5.74, 6) is -0.174. The largest absolute Gasteiger partial charge is 0.397 e. The lowest BCUT2D eigenvalue weighted by Gasteiger charge is -2.26. The van der Waals surface area contributed by atoms with Crippen LogP contribution >= 0.6 is 11.3 Å². The molecule has 0 bridgehead atoms. The Morgan fingerprint density at radius 2 is 1.88 bits per heavy atom. The number of aromatic nitrogens is 3. The van der Waals surface area contributed by atoms with Gasteiger partial charge < -0.3 is 15.8 Å². The molecule has 202 valence electrons. The summed E-state index contributed by atoms with van der Waals surface area (Å²) in [7, 11) is 0. The van der Waals surface area contributed by atoms with Crippen molar-refractivity contribution in [3.05, 3.63) is 100 Å². The average Bonchev–Trinajstić information content (AvgIpc) is 3.45. The molecule has 1 aliphatic heterocycles. The van der Waals surface area contributed by atoms with Crippen molar-refractivity contribution in [1.29, 1.82) is 0 Å². The Labute approximate surface area is 236 Å². The molecule has 0 unspecified atom stereocenters. The molecule has 3 aromatic heterocycles. The molecular weight excluding hydrogens is 520 g/mol. The van der Waals surface area contributed by atoms with Crippen LogP contribution in [0.4, 0.5) is 11.4 Å². The molecule has 3 N–H and O–H groups in total. The maximum absolute atomic E-state index is 12.8. The smallest absolute Gasteiger partial charge is 0.255 e. The fourth-order valence-electron chi connectivity index (χ4n) is 5.44. The highest BCUT2D eigenvalue weighted by atomic mass is 32.1. The molecule has 8 nitrogen and oxygen atoms in total. The summed E-state index contributed by atoms with van der Waals surface area (Å²) in [6.07, 6.45) is 6.11. The lowest BCUT2D eigenvalue weighted by Crippen LogP contribution is -2.35. The summed E-state index contributed by atoms with van der Waals surface area (Å²) in [5, 5.41) is 6.14. The Hall–Kier alpha value is -4.05. The molecule has 0 spiro atoms. The number of para-hydroxylation sites is 2. The van der Waals surface area contributed by atoms with Crippen molar-refractivity contribution in [2.45, 2.75) is 24.8 Å². The van der Waals surface area contributed by atoms with Gasteiger partial charge in [-0.3, -0.25) is 14.1 Å². The summed E-state index contributed by atoms with van der Waals surface area (Å²) in [6.45, 7) is 4.44. The molecule has 1 amide bonds. The predicted octanol–water partition coefficient (Wildman–Crippen LogP) is 5.20. The molecule has 0 radical (unpaired) electrons. The van der Waals surface area contributed by atoms with Gasteiger partial charge in [-0.2, -0.15) is 0 Å². The van der Waals surface area contributed by atoms with Gasteiger partial charge in [0.1, 0.15) is 10.7 Å². The number of fused-ring (bicyclic) bond motifs is 1. The number of hydrogen-bond donors (Lipinski definition) is 2. The first-order valence-electron chi connectivity index (χ1n) is 13.6. The lowest BCUT2D eigenvalue weighted by atomic mass is 9.95. The fourth-order valence-corrected chi connectivity index (χ4v) is 6.53. The van der Waals surface area contributed by atoms with E-state index in [2.05, 4.69) is 50.5 Å². The molecule has 2 aromatic carbocycles. The number of ether oxygens (including phenoxy) is 1. The van der Waals surface area contributed by atoms with Crippen LogP contribution in [0.3, 0.4) is 0 Å². The minimum absolute atomic E-state index is 0.0897. The van der Waals surface area contributed by atoms with Gasteiger partial charge in [0.15, 0.2) is 0 Å². The van der Waals surface area contributed by atoms with Gasteiger partial charge >= 0.3 is 0 Å². The molecule has 5 aromatic rings. The third-order valence-electron chi connectivity index (χ3n) is 7.92. The number of thiazole rings is 1. The molecular formula is C31H30N6O2S. The molecule has 1 saturated heterocycles. The molecule has 1 aliphatic carbocycles. The van der Waals surface area contributed by atoms with Crippen LogP contribution in [-0.2, 0) is 16.7 Å². The quantitative estimate of drug-likeness (QED) is 0.270. The predicted molar refractivity (Wildman–Crippen MR) is 158 cm³/mol. The van der Waals surface area contributed by atoms with E-state index < -0.39 is 0 Å². The first-order chi connectivity index (χ1) is 19.6. The molecule has 9 heteroatoms. The first-order valence-corrected chi connectivity index (χ1v) is 14.5. The van der Waals surface area contributed by atoms with E-state index in [0.717, 1.165) is 67.7 Å². The number of amides is 1. The van der Waals surface area contributed by atoms with Gasteiger partial charge in [-0.25, -0.2) is 9.97 Å². The van der Waals surface area contributed by atoms with Gasteiger partial charge in [0, 0.05) is 42.2 Å². The normalized spacial score (nSPS) is 16.7. The van der Waals surface area contributed by atoms with Gasteiger partial charge in [0.25, 0.3) is 5.91 Å². The number of nitrogens with one attached hydrogen (secondary N) is 1. The number of rotatable bonds is 7. The highest BCUT2D eigenvalue weighted by Crippen LogP contribution is 2.54. The Morgan fingerprint density at radius 3 is 2.65 bits per heavy atom. The topological polar surface area (TPSA) is 97.8 Å². The van der Waals surface area contributed by atoms with Crippen molar-refractivity contribution in [2.24, 2.45) is 0 Å². The zero-order valence-electron chi connectivity index (χ0n) is 22.0. The Balaban J connectivity index is 1.08. The number of carbonyl (C=O) groups excluding carboxylic acids is 1. The van der Waals surface area contributed by atoms with E-state index in [0.29, 0.717) is 16.9 Å². The van der Waals surface area contributed by atoms with E-state index in [1.54, 1.807) is 23.5 Å². The van der Waals surface area contributed by atoms with Crippen LogP contribution in [0.2, 0.25) is 0 Å². The molecule has 2 aliphatic rings. The molecule has 1 saturated carbocycles. The van der Waals surface area contributed by atoms with Crippen LogP contribution < -0.4 is 11.1 Å². The third kappa shape index (κ3) is 4.66. The summed E-state index contributed by atoms with van der Waals surface area (Å²) >= 11 is 1.70. The zero-order valence-corrected chi connectivity index (χ0v) is 22.9. The SMILES string of the molecule is Nc1ccccc1NC(=O)c1ccc(C2(c3nc(-c4cnc5cc(CN6CCOCC6)ccn45)cs3)CC2)cc1. The number of nitrogen functional groups attached to an aromatic ring is 1. The van der Waals surface area contributed by atoms with Crippen LogP contribution in [0.1, 0.15) is 39.3 Å². The minimum atomic E-state index is -0.174. The minimum Gasteiger partial charge on any atom is -0.397 e. The number of hydrogen-bond acceptors (Lipinski definition) is 7. The highest BCUT2D eigenvalue weighted by molar-refractivity contribution is 7.10. The summed E-state index contributed by atoms with van der Waals surface area (Å²) in [6, 6.07) is 19.5. The van der Waals surface area contributed by atoms with E-state index >= 15 is 0 Å². The maximum Gasteiger partial charge on any atom is 0.255 e. The number of nitrogens with two attached hydrogens (primary N) is 1. The second-order valence-corrected chi connectivity index (χ2v) is 11.4. The van der Waals surface area contributed by atoms with Crippen molar-refractivity contribution in [1.82, 2.24) is 19.3 Å². The average molecular weight is 551 g/mol. The Morgan fingerprint density at radius 1 is 1.07 bits per heavy atom. The van der Waals surface area contributed by atoms with E-state index in [1.807, 2.05) is 30.5 Å². The standard InChI is InChI=1S/C31H30N6O2S/c32-24-3-1-2-4-25(24)34-29(38)22-5-7-23(8-6-22)31(10-11-31)30-35-26(20-40-30)27-18-33-28-17-21(9-12-37(27)28)19-36-13-15-39-16-14-36/h1-9,12,17-18,20H,10-11,13-16,19,32H2,(H,34,38). The van der Waals surface area contributed by atoms with E-state index in [4.69, 9.17) is 20.4 Å². The number of imidazole rings is 1. The van der Waals surface area contributed by atoms with Crippen LogP contribution in [0, 0.1) is 0 Å². The van der Waals surface area contributed by atoms with Crippen molar-refractivity contribution in [2.75, 3.05) is 37.4 Å². The number of benzene rings is 2. The fraction of sp³-hybridized carbons (Fsp3) is 0.258. The van der Waals surface area contributed by atoms with Crippen molar-refractivity contribution >= 4 is 34.3 Å². The molecule has 40 heavy (non-hydrogen) atoms. The number of carbonyl (C=O) groups is 1. The van der Waals surface area contributed by atoms with Gasteiger partial charge in [0.05, 0.1) is 42.2 Å². The molecule has 7 rings (SSSR count). The summed E-state index contributed by atoms with van der Waals surface area (Å²) in [4.78, 5) is 25.0. The second-order valence-electron chi connectivity index (χ2n) is 10.5. The van der Waals surface area contributed by atoms with Crippen LogP contribution in [0.15, 0.2) is 78.4 Å². The number of pyridine rings is 1. The third-order valence-corrected chi connectivity index (χ3v) is 8.97. The van der Waals surface area contributed by atoms with Crippen molar-refractivity contribution < 1.29 is 9.53 Å². The summed E-state index contributed by atoms with van der Waals surface area (Å²) < 4.78 is 7.59. The Bertz CT molecular complexity index is 1680. The van der Waals surface area contributed by atoms with Crippen LogP contribution in [0.5, 0.6) is 0 Å². The van der Waals surface area contributed by atoms with Crippen LogP contribution in [-0.4, -0.2) is 51.5 Å². The van der Waals surface area contributed by atoms with Gasteiger partial charge in [-0.15, -0.1) is 11.3 Å². The van der Waals surface area contributed by atoms with E-state index in [1.165, 1.54) is 11.1 Å². The van der Waals surface area contributed by atoms with Gasteiger partial charge in [0.2, 0.25) is 0 Å². The second kappa shape index (κ2) is 10.2. The van der Waals surface area contributed by atoms with Crippen molar-refractivity contribution in [3.63, 3.8) is 0 Å². The Kier molecular flexibility index (Phi) is 6.34. The number of nitrogens with zero attached hydrogens (tertiary/aromatic N) is 4. The lowest BCUT2D eigenvalue weighted by molar-refractivity contribution is 0.0342. The zero-order chi connectivity index (χ0) is 27.1. The van der Waals surface area contributed by atoms with Crippen LogP contribution in [0.25, 0.3) is 17.0 Å². The first kappa shape index (κ1) is 25.0. The highest BCUT2D eigenvalue weighted by Gasteiger charge is 2.48. The van der Waals surface area contributed by atoms with Crippen molar-refractivity contribution in [3.8, 4) is 11.4 Å². The molecule has 2 fully saturated rings. The van der Waals surface area contributed by atoms with Gasteiger partial charge in [-0.05, 0) is 60.4 Å². The van der Waals surface area contributed by atoms with E-state index in [-0.39, 0.29) is 11.3 Å². The monoisotopic (exact) mass is 550 g/mol.